The van der Waals surface area contributed by atoms with Gasteiger partial charge in [0.15, 0.2) is 0 Å². The van der Waals surface area contributed by atoms with Gasteiger partial charge in [-0.25, -0.2) is 0 Å². The molecule has 0 fully saturated rings. The summed E-state index contributed by atoms with van der Waals surface area (Å²) in [5.41, 5.74) is 0. The number of esters is 1. The number of nitrogens with one attached hydrogen (secondary N) is 1. The van der Waals surface area contributed by atoms with Crippen molar-refractivity contribution in [3.8, 4) is 0 Å². The lowest BCUT2D eigenvalue weighted by Crippen LogP contribution is -2.28. The molecule has 0 aromatic rings. The molecule has 0 aliphatic carbocycles. The lowest BCUT2D eigenvalue weighted by Gasteiger charge is -2.15. The van der Waals surface area contributed by atoms with Crippen molar-refractivity contribution in [3.05, 3.63) is 48.6 Å². The Morgan fingerprint density at radius 1 is 0.596 bits per heavy atom. The van der Waals surface area contributed by atoms with Crippen molar-refractivity contribution in [1.29, 1.82) is 0 Å². The van der Waals surface area contributed by atoms with Gasteiger partial charge in [0, 0.05) is 12.8 Å². The van der Waals surface area contributed by atoms with Gasteiger partial charge in [-0.1, -0.05) is 140 Å². The monoisotopic (exact) mass is 658 g/mol. The fourth-order valence-corrected chi connectivity index (χ4v) is 5.38. The van der Waals surface area contributed by atoms with Crippen LogP contribution in [0.15, 0.2) is 48.6 Å². The molecular formula is C41H71NO5. The zero-order chi connectivity index (χ0) is 34.5. The Balaban J connectivity index is 4.17. The molecule has 47 heavy (non-hydrogen) atoms. The summed E-state index contributed by atoms with van der Waals surface area (Å²) in [5, 5.41) is 11.1. The summed E-state index contributed by atoms with van der Waals surface area (Å²) >= 11 is 0. The van der Waals surface area contributed by atoms with Gasteiger partial charge in [-0.15, -0.1) is 0 Å². The Bertz CT molecular complexity index is 860. The van der Waals surface area contributed by atoms with E-state index in [0.717, 1.165) is 77.0 Å². The van der Waals surface area contributed by atoms with E-state index in [1.54, 1.807) is 0 Å². The van der Waals surface area contributed by atoms with E-state index in [-0.39, 0.29) is 24.5 Å². The van der Waals surface area contributed by atoms with E-state index in [1.165, 1.54) is 77.0 Å². The third kappa shape index (κ3) is 36.1. The highest BCUT2D eigenvalue weighted by Gasteiger charge is 2.12. The summed E-state index contributed by atoms with van der Waals surface area (Å²) in [7, 11) is 0. The Hall–Kier alpha value is -2.63. The maximum atomic E-state index is 12.6. The Morgan fingerprint density at radius 3 is 1.72 bits per heavy atom. The topological polar surface area (TPSA) is 92.7 Å². The number of hydrogen-bond acceptors (Lipinski definition) is 4. The van der Waals surface area contributed by atoms with E-state index in [9.17, 15) is 14.4 Å². The van der Waals surface area contributed by atoms with Gasteiger partial charge in [-0.3, -0.25) is 14.4 Å². The minimum atomic E-state index is -1.03. The predicted octanol–water partition coefficient (Wildman–Crippen LogP) is 11.5. The van der Waals surface area contributed by atoms with Crippen LogP contribution >= 0.6 is 0 Å². The molecule has 6 nitrogen and oxygen atoms in total. The fraction of sp³-hybridized carbons (Fsp3) is 0.732. The molecule has 0 bridgehead atoms. The van der Waals surface area contributed by atoms with Crippen molar-refractivity contribution in [3.63, 3.8) is 0 Å². The number of unbranched alkanes of at least 4 members (excludes halogenated alkanes) is 17. The highest BCUT2D eigenvalue weighted by atomic mass is 16.5. The lowest BCUT2D eigenvalue weighted by atomic mass is 10.1. The second-order valence-corrected chi connectivity index (χ2v) is 12.8. The average molecular weight is 658 g/mol. The first-order valence-electron chi connectivity index (χ1n) is 19.3. The quantitative estimate of drug-likeness (QED) is 0.0408. The molecule has 1 amide bonds. The van der Waals surface area contributed by atoms with Crippen molar-refractivity contribution in [2.24, 2.45) is 0 Å². The van der Waals surface area contributed by atoms with Crippen molar-refractivity contribution in [2.75, 3.05) is 6.54 Å². The number of carbonyl (C=O) groups excluding carboxylic acids is 2. The minimum Gasteiger partial charge on any atom is -0.480 e. The Labute approximate surface area is 289 Å². The fourth-order valence-electron chi connectivity index (χ4n) is 5.38. The lowest BCUT2D eigenvalue weighted by molar-refractivity contribution is -0.147. The summed E-state index contributed by atoms with van der Waals surface area (Å²) in [6, 6.07) is 0. The molecule has 0 saturated carbocycles. The largest absolute Gasteiger partial charge is 0.480 e. The van der Waals surface area contributed by atoms with Gasteiger partial charge in [0.25, 0.3) is 0 Å². The number of ether oxygens (including phenoxy) is 1. The molecule has 1 unspecified atom stereocenters. The predicted molar refractivity (Wildman–Crippen MR) is 198 cm³/mol. The van der Waals surface area contributed by atoms with Crippen molar-refractivity contribution in [1.82, 2.24) is 5.32 Å². The Morgan fingerprint density at radius 2 is 1.11 bits per heavy atom. The van der Waals surface area contributed by atoms with Crippen molar-refractivity contribution >= 4 is 17.8 Å². The van der Waals surface area contributed by atoms with Gasteiger partial charge in [0.2, 0.25) is 5.91 Å². The molecular weight excluding hydrogens is 586 g/mol. The highest BCUT2D eigenvalue weighted by molar-refractivity contribution is 5.80. The normalized spacial score (nSPS) is 12.6. The summed E-state index contributed by atoms with van der Waals surface area (Å²) in [6.45, 7) is 4.08. The van der Waals surface area contributed by atoms with Gasteiger partial charge in [0.1, 0.15) is 12.6 Å². The molecule has 0 aromatic carbocycles. The first-order valence-corrected chi connectivity index (χ1v) is 19.3. The van der Waals surface area contributed by atoms with Crippen LogP contribution in [0.3, 0.4) is 0 Å². The number of amides is 1. The molecule has 270 valence electrons. The summed E-state index contributed by atoms with van der Waals surface area (Å²) in [6.07, 6.45) is 45.3. The molecule has 0 aliphatic rings. The van der Waals surface area contributed by atoms with Crippen LogP contribution in [0.1, 0.15) is 181 Å². The molecule has 0 radical (unpaired) electrons. The average Bonchev–Trinajstić information content (AvgIpc) is 3.05. The number of hydrogen-bond donors (Lipinski definition) is 2. The third-order valence-corrected chi connectivity index (χ3v) is 8.22. The summed E-state index contributed by atoms with van der Waals surface area (Å²) < 4.78 is 5.89. The maximum Gasteiger partial charge on any atom is 0.322 e. The van der Waals surface area contributed by atoms with Crippen LogP contribution < -0.4 is 5.32 Å². The smallest absolute Gasteiger partial charge is 0.322 e. The van der Waals surface area contributed by atoms with Gasteiger partial charge in [0.05, 0.1) is 0 Å². The molecule has 0 heterocycles. The molecule has 2 N–H and O–H groups in total. The number of rotatable bonds is 34. The van der Waals surface area contributed by atoms with Crippen molar-refractivity contribution < 1.29 is 24.2 Å². The number of carbonyl (C=O) groups is 3. The molecule has 0 aromatic heterocycles. The molecule has 1 atom stereocenters. The number of carboxylic acid groups (broad SMARTS) is 1. The maximum absolute atomic E-state index is 12.6. The zero-order valence-corrected chi connectivity index (χ0v) is 30.4. The van der Waals surface area contributed by atoms with Crippen LogP contribution in [0.4, 0.5) is 0 Å². The molecule has 0 spiro atoms. The number of allylic oxidation sites excluding steroid dienone is 7. The van der Waals surface area contributed by atoms with Crippen LogP contribution in [0.2, 0.25) is 0 Å². The molecule has 0 saturated heterocycles. The Kier molecular flexibility index (Phi) is 34.2. The van der Waals surface area contributed by atoms with Crippen LogP contribution in [0, 0.1) is 0 Å². The second kappa shape index (κ2) is 36.2. The van der Waals surface area contributed by atoms with Gasteiger partial charge in [-0.2, -0.15) is 0 Å². The summed E-state index contributed by atoms with van der Waals surface area (Å²) in [4.78, 5) is 34.9. The summed E-state index contributed by atoms with van der Waals surface area (Å²) in [5.74, 6) is -1.34. The number of aliphatic carboxylic acids is 1. The van der Waals surface area contributed by atoms with E-state index in [2.05, 4.69) is 67.8 Å². The molecule has 0 rings (SSSR count). The van der Waals surface area contributed by atoms with E-state index in [0.29, 0.717) is 12.8 Å². The SMILES string of the molecule is CC/C=C\C/C=C\C/C=C\CCCCCCCCCC(=O)OC(/C=C\CCCCCCCCC)CCCCCCC(=O)NCC(=O)O. The molecule has 0 aliphatic heterocycles. The van der Waals surface area contributed by atoms with Crippen molar-refractivity contribution in [2.45, 2.75) is 187 Å². The highest BCUT2D eigenvalue weighted by Crippen LogP contribution is 2.15. The van der Waals surface area contributed by atoms with Crippen LogP contribution in [-0.4, -0.2) is 35.6 Å². The standard InChI is InChI=1S/C41H71NO5/c1-3-5-7-9-11-13-14-15-16-17-18-19-20-22-24-26-32-36-41(46)47-38(33-29-25-23-21-12-10-8-6-4-2)34-30-27-28-31-35-39(43)42-37-40(44)45/h5,7,11,13,15-16,29,33,38H,3-4,6,8-10,12,14,17-28,30-32,34-37H2,1-2H3,(H,42,43)(H,44,45)/b7-5-,13-11-,16-15-,33-29-. The van der Waals surface area contributed by atoms with Gasteiger partial charge < -0.3 is 15.2 Å². The van der Waals surface area contributed by atoms with Gasteiger partial charge in [-0.05, 0) is 76.7 Å². The number of carboxylic acids is 1. The first kappa shape index (κ1) is 44.4. The third-order valence-electron chi connectivity index (χ3n) is 8.22. The minimum absolute atomic E-state index is 0.0928. The van der Waals surface area contributed by atoms with Crippen LogP contribution in [-0.2, 0) is 19.1 Å². The second-order valence-electron chi connectivity index (χ2n) is 12.8. The van der Waals surface area contributed by atoms with E-state index >= 15 is 0 Å². The van der Waals surface area contributed by atoms with Crippen LogP contribution in [0.25, 0.3) is 0 Å². The van der Waals surface area contributed by atoms with Crippen LogP contribution in [0.5, 0.6) is 0 Å². The zero-order valence-electron chi connectivity index (χ0n) is 30.4. The first-order chi connectivity index (χ1) is 23.0. The van der Waals surface area contributed by atoms with E-state index < -0.39 is 5.97 Å². The van der Waals surface area contributed by atoms with E-state index in [1.807, 2.05) is 0 Å². The van der Waals surface area contributed by atoms with E-state index in [4.69, 9.17) is 9.84 Å². The molecule has 6 heteroatoms. The van der Waals surface area contributed by atoms with Gasteiger partial charge >= 0.3 is 11.9 Å².